The first-order chi connectivity index (χ1) is 12.6. The highest BCUT2D eigenvalue weighted by molar-refractivity contribution is 6.36. The van der Waals surface area contributed by atoms with E-state index in [0.717, 1.165) is 18.9 Å². The zero-order valence-corrected chi connectivity index (χ0v) is 15.4. The van der Waals surface area contributed by atoms with Gasteiger partial charge in [-0.3, -0.25) is 0 Å². The van der Waals surface area contributed by atoms with Crippen LogP contribution in [0.3, 0.4) is 0 Å². The highest BCUT2D eigenvalue weighted by Crippen LogP contribution is 2.44. The number of piperidine rings is 1. The lowest BCUT2D eigenvalue weighted by Gasteiger charge is -2.34. The van der Waals surface area contributed by atoms with E-state index in [1.54, 1.807) is 16.6 Å². The molecule has 2 aromatic heterocycles. The predicted octanol–water partition coefficient (Wildman–Crippen LogP) is 4.47. The van der Waals surface area contributed by atoms with E-state index in [2.05, 4.69) is 20.0 Å². The van der Waals surface area contributed by atoms with Gasteiger partial charge in [-0.05, 0) is 43.2 Å². The lowest BCUT2D eigenvalue weighted by atomic mass is 9.97. The van der Waals surface area contributed by atoms with E-state index in [1.165, 1.54) is 31.7 Å². The van der Waals surface area contributed by atoms with Crippen molar-refractivity contribution in [2.75, 3.05) is 18.0 Å². The second kappa shape index (κ2) is 6.06. The molecule has 134 valence electrons. The Morgan fingerprint density at radius 3 is 2.58 bits per heavy atom. The van der Waals surface area contributed by atoms with Crippen molar-refractivity contribution >= 4 is 34.8 Å². The highest BCUT2D eigenvalue weighted by Gasteiger charge is 2.36. The molecule has 0 amide bonds. The number of aromatic nitrogens is 4. The molecule has 1 saturated heterocycles. The van der Waals surface area contributed by atoms with Gasteiger partial charge in [0.25, 0.3) is 5.78 Å². The maximum atomic E-state index is 14.7. The lowest BCUT2D eigenvalue weighted by molar-refractivity contribution is 0.417. The molecule has 26 heavy (non-hydrogen) atoms. The van der Waals surface area contributed by atoms with E-state index >= 15 is 0 Å². The molecule has 2 bridgehead atoms. The van der Waals surface area contributed by atoms with Crippen LogP contribution in [0.15, 0.2) is 24.5 Å². The largest absolute Gasteiger partial charge is 0.355 e. The molecule has 5 rings (SSSR count). The second-order valence-electron chi connectivity index (χ2n) is 7.12. The van der Waals surface area contributed by atoms with Gasteiger partial charge < -0.3 is 4.90 Å². The SMILES string of the molecule is Fc1cccc(Cl)c1-c1c(Cl)nc2ncnn2c1N1CC2CCC(C2)C1. The molecule has 0 radical (unpaired) electrons. The van der Waals surface area contributed by atoms with E-state index in [-0.39, 0.29) is 10.7 Å². The summed E-state index contributed by atoms with van der Waals surface area (Å²) >= 11 is 12.9. The average Bonchev–Trinajstić information content (AvgIpc) is 3.20. The van der Waals surface area contributed by atoms with Gasteiger partial charge >= 0.3 is 0 Å². The first-order valence-corrected chi connectivity index (χ1v) is 9.46. The van der Waals surface area contributed by atoms with Crippen molar-refractivity contribution in [2.45, 2.75) is 19.3 Å². The van der Waals surface area contributed by atoms with Gasteiger partial charge in [0.05, 0.1) is 10.6 Å². The van der Waals surface area contributed by atoms with Gasteiger partial charge in [-0.2, -0.15) is 19.6 Å². The van der Waals surface area contributed by atoms with Gasteiger partial charge in [-0.1, -0.05) is 29.3 Å². The van der Waals surface area contributed by atoms with Crippen LogP contribution in [0.4, 0.5) is 10.2 Å². The van der Waals surface area contributed by atoms with Crippen molar-refractivity contribution in [3.8, 4) is 11.1 Å². The molecule has 8 heteroatoms. The molecule has 0 N–H and O–H groups in total. The number of halogens is 3. The first kappa shape index (κ1) is 16.3. The molecule has 0 spiro atoms. The third-order valence-electron chi connectivity index (χ3n) is 5.48. The zero-order chi connectivity index (χ0) is 17.8. The van der Waals surface area contributed by atoms with Gasteiger partial charge in [-0.15, -0.1) is 0 Å². The minimum absolute atomic E-state index is 0.186. The number of nitrogens with zero attached hydrogens (tertiary/aromatic N) is 5. The summed E-state index contributed by atoms with van der Waals surface area (Å²) in [5, 5.41) is 4.81. The molecule has 1 aromatic carbocycles. The van der Waals surface area contributed by atoms with Crippen LogP contribution in [0.5, 0.6) is 0 Å². The molecule has 2 unspecified atom stereocenters. The standard InChI is InChI=1S/C18H16Cl2FN5/c19-12-2-1-3-13(21)14(12)15-16(20)24-18-22-9-23-26(18)17(15)25-7-10-4-5-11(6-10)8-25/h1-3,9-11H,4-8H2. The number of hydrogen-bond donors (Lipinski definition) is 0. The van der Waals surface area contributed by atoms with Crippen LogP contribution in [0.2, 0.25) is 10.2 Å². The van der Waals surface area contributed by atoms with Crippen LogP contribution in [-0.4, -0.2) is 32.7 Å². The molecule has 1 aliphatic carbocycles. The Balaban J connectivity index is 1.79. The van der Waals surface area contributed by atoms with E-state index in [9.17, 15) is 4.39 Å². The summed E-state index contributed by atoms with van der Waals surface area (Å²) in [7, 11) is 0. The van der Waals surface area contributed by atoms with Crippen LogP contribution >= 0.6 is 23.2 Å². The van der Waals surface area contributed by atoms with Crippen molar-refractivity contribution in [2.24, 2.45) is 11.8 Å². The molecule has 3 heterocycles. The average molecular weight is 392 g/mol. The molecule has 1 aliphatic heterocycles. The fourth-order valence-electron chi connectivity index (χ4n) is 4.43. The van der Waals surface area contributed by atoms with E-state index in [4.69, 9.17) is 23.2 Å². The van der Waals surface area contributed by atoms with Gasteiger partial charge in [0.15, 0.2) is 0 Å². The Labute approximate surface area is 159 Å². The summed E-state index contributed by atoms with van der Waals surface area (Å²) in [5.74, 6) is 1.98. The van der Waals surface area contributed by atoms with Crippen molar-refractivity contribution in [1.82, 2.24) is 19.6 Å². The van der Waals surface area contributed by atoms with Crippen molar-refractivity contribution in [3.63, 3.8) is 0 Å². The van der Waals surface area contributed by atoms with Crippen LogP contribution in [0.1, 0.15) is 19.3 Å². The van der Waals surface area contributed by atoms with Crippen molar-refractivity contribution < 1.29 is 4.39 Å². The fraction of sp³-hybridized carbons (Fsp3) is 0.389. The molecule has 2 aliphatic rings. The van der Waals surface area contributed by atoms with E-state index in [0.29, 0.717) is 28.2 Å². The molecule has 2 fully saturated rings. The Hall–Kier alpha value is -1.92. The van der Waals surface area contributed by atoms with Crippen LogP contribution in [-0.2, 0) is 0 Å². The zero-order valence-electron chi connectivity index (χ0n) is 13.9. The van der Waals surface area contributed by atoms with Crippen LogP contribution in [0, 0.1) is 17.7 Å². The summed E-state index contributed by atoms with van der Waals surface area (Å²) < 4.78 is 16.4. The Morgan fingerprint density at radius 1 is 1.08 bits per heavy atom. The first-order valence-electron chi connectivity index (χ1n) is 8.70. The number of benzene rings is 1. The molecule has 3 aromatic rings. The smallest absolute Gasteiger partial charge is 0.255 e. The summed E-state index contributed by atoms with van der Waals surface area (Å²) in [5.41, 5.74) is 0.742. The summed E-state index contributed by atoms with van der Waals surface area (Å²) in [6.45, 7) is 1.79. The molecule has 2 atom stereocenters. The third-order valence-corrected chi connectivity index (χ3v) is 6.07. The topological polar surface area (TPSA) is 46.3 Å². The van der Waals surface area contributed by atoms with Gasteiger partial charge in [0.1, 0.15) is 23.1 Å². The third kappa shape index (κ3) is 2.47. The van der Waals surface area contributed by atoms with Crippen molar-refractivity contribution in [3.05, 3.63) is 40.5 Å². The van der Waals surface area contributed by atoms with Crippen LogP contribution in [0.25, 0.3) is 16.9 Å². The summed E-state index contributed by atoms with van der Waals surface area (Å²) in [6, 6.07) is 4.62. The van der Waals surface area contributed by atoms with Crippen molar-refractivity contribution in [1.29, 1.82) is 0 Å². The normalized spacial score (nSPS) is 22.3. The van der Waals surface area contributed by atoms with Crippen LogP contribution < -0.4 is 4.90 Å². The fourth-order valence-corrected chi connectivity index (χ4v) is 4.94. The number of anilines is 1. The number of rotatable bonds is 2. The molecule has 1 saturated carbocycles. The van der Waals surface area contributed by atoms with Gasteiger partial charge in [0, 0.05) is 18.7 Å². The van der Waals surface area contributed by atoms with Gasteiger partial charge in [0.2, 0.25) is 0 Å². The lowest BCUT2D eigenvalue weighted by Crippen LogP contribution is -2.38. The minimum atomic E-state index is -0.429. The Bertz CT molecular complexity index is 972. The Morgan fingerprint density at radius 2 is 1.85 bits per heavy atom. The highest BCUT2D eigenvalue weighted by atomic mass is 35.5. The quantitative estimate of drug-likeness (QED) is 0.604. The van der Waals surface area contributed by atoms with Gasteiger partial charge in [-0.25, -0.2) is 4.39 Å². The minimum Gasteiger partial charge on any atom is -0.355 e. The second-order valence-corrected chi connectivity index (χ2v) is 7.89. The maximum Gasteiger partial charge on any atom is 0.255 e. The molecular weight excluding hydrogens is 376 g/mol. The Kier molecular flexibility index (Phi) is 3.79. The maximum absolute atomic E-state index is 14.7. The number of fused-ring (bicyclic) bond motifs is 3. The van der Waals surface area contributed by atoms with E-state index < -0.39 is 5.82 Å². The predicted molar refractivity (Wildman–Crippen MR) is 99.2 cm³/mol. The molecule has 5 nitrogen and oxygen atoms in total. The summed E-state index contributed by atoms with van der Waals surface area (Å²) in [4.78, 5) is 10.7. The number of hydrogen-bond acceptors (Lipinski definition) is 4. The van der Waals surface area contributed by atoms with E-state index in [1.807, 2.05) is 0 Å². The monoisotopic (exact) mass is 391 g/mol. The summed E-state index contributed by atoms with van der Waals surface area (Å²) in [6.07, 6.45) is 5.16. The molecular formula is C18H16Cl2FN5.